The number of amides is 1. The van der Waals surface area contributed by atoms with E-state index in [1.807, 2.05) is 18.2 Å². The van der Waals surface area contributed by atoms with Crippen LogP contribution in [0.15, 0.2) is 47.4 Å². The largest absolute Gasteiger partial charge is 0.497 e. The second-order valence-electron chi connectivity index (χ2n) is 7.58. The van der Waals surface area contributed by atoms with E-state index in [9.17, 15) is 13.2 Å². The maximum atomic E-state index is 13.0. The van der Waals surface area contributed by atoms with Crippen LogP contribution in [0, 0.1) is 13.8 Å². The van der Waals surface area contributed by atoms with Gasteiger partial charge >= 0.3 is 0 Å². The Morgan fingerprint density at radius 1 is 1.12 bits per heavy atom. The summed E-state index contributed by atoms with van der Waals surface area (Å²) in [5, 5.41) is 10.9. The molecule has 0 radical (unpaired) electrons. The molecule has 2 heterocycles. The highest BCUT2D eigenvalue weighted by molar-refractivity contribution is 7.89. The second-order valence-corrected chi connectivity index (χ2v) is 9.52. The normalized spacial score (nSPS) is 14.8. The van der Waals surface area contributed by atoms with Gasteiger partial charge in [0.05, 0.1) is 36.6 Å². The van der Waals surface area contributed by atoms with Gasteiger partial charge in [0.25, 0.3) is 5.91 Å². The van der Waals surface area contributed by atoms with Gasteiger partial charge in [0.2, 0.25) is 10.0 Å². The first-order valence-corrected chi connectivity index (χ1v) is 11.8. The van der Waals surface area contributed by atoms with Crippen LogP contribution in [0.3, 0.4) is 0 Å². The number of morpholine rings is 1. The minimum absolute atomic E-state index is 0.113. The van der Waals surface area contributed by atoms with Gasteiger partial charge in [0, 0.05) is 24.8 Å². The number of methoxy groups -OCH3 is 1. The van der Waals surface area contributed by atoms with Gasteiger partial charge in [-0.15, -0.1) is 5.10 Å². The maximum absolute atomic E-state index is 13.0. The number of benzene rings is 2. The quantitative estimate of drug-likeness (QED) is 0.586. The van der Waals surface area contributed by atoms with Crippen LogP contribution >= 0.6 is 0 Å². The number of carbonyl (C=O) groups is 1. The van der Waals surface area contributed by atoms with Crippen LogP contribution in [0.4, 0.5) is 5.69 Å². The number of hydrogen-bond donors (Lipinski definition) is 1. The van der Waals surface area contributed by atoms with E-state index in [4.69, 9.17) is 9.47 Å². The first kappa shape index (κ1) is 22.9. The molecule has 0 atom stereocenters. The zero-order chi connectivity index (χ0) is 23.6. The van der Waals surface area contributed by atoms with Crippen molar-refractivity contribution in [3.63, 3.8) is 0 Å². The van der Waals surface area contributed by atoms with Gasteiger partial charge in [-0.1, -0.05) is 17.3 Å². The van der Waals surface area contributed by atoms with Crippen LogP contribution in [0.25, 0.3) is 5.69 Å². The third kappa shape index (κ3) is 4.61. The summed E-state index contributed by atoms with van der Waals surface area (Å²) in [5.41, 5.74) is 2.49. The molecular weight excluding hydrogens is 446 g/mol. The zero-order valence-electron chi connectivity index (χ0n) is 18.6. The highest BCUT2D eigenvalue weighted by Gasteiger charge is 2.27. The molecule has 33 heavy (non-hydrogen) atoms. The van der Waals surface area contributed by atoms with E-state index in [1.165, 1.54) is 10.4 Å². The maximum Gasteiger partial charge on any atom is 0.278 e. The first-order chi connectivity index (χ1) is 15.8. The fourth-order valence-electron chi connectivity index (χ4n) is 3.54. The lowest BCUT2D eigenvalue weighted by atomic mass is 10.2. The molecule has 0 unspecified atom stereocenters. The van der Waals surface area contributed by atoms with E-state index < -0.39 is 15.9 Å². The molecule has 0 spiro atoms. The van der Waals surface area contributed by atoms with E-state index in [0.717, 1.165) is 5.56 Å². The molecule has 3 aromatic rings. The van der Waals surface area contributed by atoms with Gasteiger partial charge in [-0.2, -0.15) is 4.31 Å². The Morgan fingerprint density at radius 3 is 2.61 bits per heavy atom. The third-order valence-electron chi connectivity index (χ3n) is 5.47. The predicted molar refractivity (Wildman–Crippen MR) is 121 cm³/mol. The Bertz CT molecular complexity index is 1280. The lowest BCUT2D eigenvalue weighted by Gasteiger charge is -2.26. The molecule has 10 nitrogen and oxygen atoms in total. The van der Waals surface area contributed by atoms with Crippen molar-refractivity contribution in [2.24, 2.45) is 0 Å². The SMILES string of the molecule is COc1cccc(-n2nnc(C(=O)Nc3cc(S(=O)(=O)N4CCOCC4)ccc3C)c2C)c1. The highest BCUT2D eigenvalue weighted by Crippen LogP contribution is 2.25. The van der Waals surface area contributed by atoms with E-state index in [1.54, 1.807) is 43.8 Å². The van der Waals surface area contributed by atoms with Crippen LogP contribution in [0.2, 0.25) is 0 Å². The number of ether oxygens (including phenoxy) is 2. The molecule has 1 saturated heterocycles. The minimum atomic E-state index is -3.69. The minimum Gasteiger partial charge on any atom is -0.497 e. The van der Waals surface area contributed by atoms with Gasteiger partial charge in [0.1, 0.15) is 5.75 Å². The summed E-state index contributed by atoms with van der Waals surface area (Å²) in [6, 6.07) is 11.9. The molecule has 1 aliphatic heterocycles. The lowest BCUT2D eigenvalue weighted by Crippen LogP contribution is -2.40. The average molecular weight is 472 g/mol. The van der Waals surface area contributed by atoms with E-state index >= 15 is 0 Å². The molecule has 1 fully saturated rings. The molecule has 1 N–H and O–H groups in total. The Morgan fingerprint density at radius 2 is 1.88 bits per heavy atom. The number of carbonyl (C=O) groups excluding carboxylic acids is 1. The van der Waals surface area contributed by atoms with E-state index in [2.05, 4.69) is 15.6 Å². The molecule has 0 saturated carbocycles. The molecule has 0 bridgehead atoms. The second kappa shape index (κ2) is 9.30. The van der Waals surface area contributed by atoms with Gasteiger partial charge in [0.15, 0.2) is 5.69 Å². The van der Waals surface area contributed by atoms with Crippen molar-refractivity contribution in [1.29, 1.82) is 0 Å². The van der Waals surface area contributed by atoms with E-state index in [-0.39, 0.29) is 10.6 Å². The number of aryl methyl sites for hydroxylation is 1. The van der Waals surface area contributed by atoms with Gasteiger partial charge < -0.3 is 14.8 Å². The average Bonchev–Trinajstić information content (AvgIpc) is 3.22. The standard InChI is InChI=1S/C22H25N5O5S/c1-15-7-8-19(33(29,30)26-9-11-32-12-10-26)14-20(15)23-22(28)21-16(2)27(25-24-21)17-5-4-6-18(13-17)31-3/h4-8,13-14H,9-12H2,1-3H3,(H,23,28). The molecule has 1 aromatic heterocycles. The molecule has 4 rings (SSSR count). The molecule has 1 amide bonds. The monoisotopic (exact) mass is 471 g/mol. The van der Waals surface area contributed by atoms with Crippen molar-refractivity contribution in [1.82, 2.24) is 19.3 Å². The van der Waals surface area contributed by atoms with E-state index in [0.29, 0.717) is 49.1 Å². The summed E-state index contributed by atoms with van der Waals surface area (Å²) in [5.74, 6) is 0.174. The molecule has 174 valence electrons. The smallest absolute Gasteiger partial charge is 0.278 e. The van der Waals surface area contributed by atoms with Gasteiger partial charge in [-0.25, -0.2) is 13.1 Å². The van der Waals surface area contributed by atoms with Crippen molar-refractivity contribution in [2.45, 2.75) is 18.7 Å². The number of aromatic nitrogens is 3. The number of hydrogen-bond acceptors (Lipinski definition) is 7. The summed E-state index contributed by atoms with van der Waals surface area (Å²) in [7, 11) is -2.12. The molecule has 0 aliphatic carbocycles. The Hall–Kier alpha value is -3.28. The fraction of sp³-hybridized carbons (Fsp3) is 0.318. The summed E-state index contributed by atoms with van der Waals surface area (Å²) in [6.07, 6.45) is 0. The number of rotatable bonds is 6. The summed E-state index contributed by atoms with van der Waals surface area (Å²) in [6.45, 7) is 4.84. The lowest BCUT2D eigenvalue weighted by molar-refractivity contribution is 0.0730. The van der Waals surface area contributed by atoms with Crippen molar-refractivity contribution in [2.75, 3.05) is 38.7 Å². The molecule has 2 aromatic carbocycles. The van der Waals surface area contributed by atoms with Crippen LogP contribution in [-0.2, 0) is 14.8 Å². The Labute approximate surface area is 192 Å². The first-order valence-electron chi connectivity index (χ1n) is 10.4. The molecule has 11 heteroatoms. The number of anilines is 1. The zero-order valence-corrected chi connectivity index (χ0v) is 19.4. The summed E-state index contributed by atoms with van der Waals surface area (Å²) in [4.78, 5) is 13.1. The summed E-state index contributed by atoms with van der Waals surface area (Å²) < 4.78 is 39.4. The number of nitrogens with zero attached hydrogens (tertiary/aromatic N) is 4. The van der Waals surface area contributed by atoms with Crippen molar-refractivity contribution in [3.05, 3.63) is 59.4 Å². The van der Waals surface area contributed by atoms with Gasteiger partial charge in [-0.05, 0) is 43.7 Å². The van der Waals surface area contributed by atoms with Crippen LogP contribution in [0.1, 0.15) is 21.7 Å². The molecule has 1 aliphatic rings. The fourth-order valence-corrected chi connectivity index (χ4v) is 4.97. The topological polar surface area (TPSA) is 116 Å². The van der Waals surface area contributed by atoms with Gasteiger partial charge in [-0.3, -0.25) is 4.79 Å². The third-order valence-corrected chi connectivity index (χ3v) is 7.37. The van der Waals surface area contributed by atoms with Crippen molar-refractivity contribution < 1.29 is 22.7 Å². The number of nitrogens with one attached hydrogen (secondary N) is 1. The van der Waals surface area contributed by atoms with Crippen LogP contribution < -0.4 is 10.1 Å². The highest BCUT2D eigenvalue weighted by atomic mass is 32.2. The van der Waals surface area contributed by atoms with Crippen molar-refractivity contribution in [3.8, 4) is 11.4 Å². The summed E-state index contributed by atoms with van der Waals surface area (Å²) >= 11 is 0. The molecular formula is C22H25N5O5S. The Kier molecular flexibility index (Phi) is 6.45. The number of sulfonamides is 1. The Balaban J connectivity index is 1.59. The van der Waals surface area contributed by atoms with Crippen LogP contribution in [0.5, 0.6) is 5.75 Å². The predicted octanol–water partition coefficient (Wildman–Crippen LogP) is 2.17. The van der Waals surface area contributed by atoms with Crippen molar-refractivity contribution >= 4 is 21.6 Å². The van der Waals surface area contributed by atoms with Crippen LogP contribution in [-0.4, -0.2) is 67.0 Å².